The molecule has 1 N–H and O–H groups in total. The van der Waals surface area contributed by atoms with Gasteiger partial charge in [-0.05, 0) is 24.2 Å². The highest BCUT2D eigenvalue weighted by Gasteiger charge is 2.44. The van der Waals surface area contributed by atoms with Crippen molar-refractivity contribution in [3.8, 4) is 0 Å². The predicted octanol–water partition coefficient (Wildman–Crippen LogP) is 1.66. The second-order valence-corrected chi connectivity index (χ2v) is 7.11. The van der Waals surface area contributed by atoms with Crippen LogP contribution >= 0.6 is 0 Å². The lowest BCUT2D eigenvalue weighted by atomic mass is 9.91. The highest BCUT2D eigenvalue weighted by atomic mass is 16.4. The molecule has 1 aromatic rings. The molecule has 6 heteroatoms. The van der Waals surface area contributed by atoms with E-state index in [0.29, 0.717) is 11.5 Å². The maximum atomic E-state index is 10.8. The molecule has 110 valence electrons. The van der Waals surface area contributed by atoms with Gasteiger partial charge in [-0.15, -0.1) is 5.10 Å². The van der Waals surface area contributed by atoms with Gasteiger partial charge in [-0.25, -0.2) is 9.48 Å². The summed E-state index contributed by atoms with van der Waals surface area (Å²) in [6.45, 7) is 8.93. The number of carboxylic acid groups (broad SMARTS) is 1. The predicted molar refractivity (Wildman–Crippen MR) is 73.6 cm³/mol. The number of carbonyl (C=O) groups is 1. The van der Waals surface area contributed by atoms with Crippen molar-refractivity contribution in [2.24, 2.45) is 11.3 Å². The van der Waals surface area contributed by atoms with Crippen LogP contribution in [0.1, 0.15) is 50.1 Å². The van der Waals surface area contributed by atoms with Crippen LogP contribution < -0.4 is 0 Å². The van der Waals surface area contributed by atoms with E-state index in [9.17, 15) is 4.79 Å². The number of aromatic carboxylic acids is 1. The lowest BCUT2D eigenvalue weighted by Gasteiger charge is -2.44. The molecule has 1 aliphatic carbocycles. The zero-order valence-corrected chi connectivity index (χ0v) is 12.3. The van der Waals surface area contributed by atoms with Gasteiger partial charge in [0.15, 0.2) is 5.69 Å². The van der Waals surface area contributed by atoms with E-state index in [4.69, 9.17) is 5.11 Å². The van der Waals surface area contributed by atoms with E-state index in [1.165, 1.54) is 19.0 Å². The third-order valence-electron chi connectivity index (χ3n) is 4.76. The number of rotatable bonds is 3. The average Bonchev–Trinajstić information content (AvgIpc) is 2.82. The number of aromatic nitrogens is 3. The summed E-state index contributed by atoms with van der Waals surface area (Å²) < 4.78 is 1.70. The summed E-state index contributed by atoms with van der Waals surface area (Å²) in [7, 11) is 0. The number of carboxylic acids is 1. The van der Waals surface area contributed by atoms with Crippen molar-refractivity contribution in [1.29, 1.82) is 0 Å². The highest BCUT2D eigenvalue weighted by molar-refractivity contribution is 5.84. The standard InChI is InChI=1S/C14H22N4O2/c1-9-4-14(2,3)5-12(9)17-6-10(7-17)18-8-11(13(19)20)15-16-18/h8-10,12H,4-7H2,1-3H3,(H,19,20). The molecule has 0 aromatic carbocycles. The lowest BCUT2D eigenvalue weighted by molar-refractivity contribution is 0.0357. The first kappa shape index (κ1) is 13.5. The number of hydrogen-bond acceptors (Lipinski definition) is 4. The molecule has 2 heterocycles. The van der Waals surface area contributed by atoms with Crippen LogP contribution in [0.15, 0.2) is 6.20 Å². The molecule has 0 amide bonds. The van der Waals surface area contributed by atoms with Crippen LogP contribution in [0.25, 0.3) is 0 Å². The fraction of sp³-hybridized carbons (Fsp3) is 0.786. The Balaban J connectivity index is 1.60. The first-order valence-electron chi connectivity index (χ1n) is 7.25. The van der Waals surface area contributed by atoms with Crippen LogP contribution in [0.3, 0.4) is 0 Å². The van der Waals surface area contributed by atoms with Crippen LogP contribution in [-0.4, -0.2) is 50.1 Å². The van der Waals surface area contributed by atoms with Crippen LogP contribution in [-0.2, 0) is 0 Å². The Labute approximate surface area is 118 Å². The van der Waals surface area contributed by atoms with E-state index >= 15 is 0 Å². The number of likely N-dealkylation sites (tertiary alicyclic amines) is 1. The molecule has 3 rings (SSSR count). The minimum atomic E-state index is -1.02. The molecule has 2 aliphatic rings. The van der Waals surface area contributed by atoms with Crippen molar-refractivity contribution in [3.63, 3.8) is 0 Å². The first-order valence-corrected chi connectivity index (χ1v) is 7.25. The largest absolute Gasteiger partial charge is 0.476 e. The van der Waals surface area contributed by atoms with Crippen LogP contribution in [0, 0.1) is 11.3 Å². The quantitative estimate of drug-likeness (QED) is 0.910. The summed E-state index contributed by atoms with van der Waals surface area (Å²) in [6, 6.07) is 0.926. The molecule has 20 heavy (non-hydrogen) atoms. The summed E-state index contributed by atoms with van der Waals surface area (Å²) in [6.07, 6.45) is 4.07. The van der Waals surface area contributed by atoms with Gasteiger partial charge in [-0.3, -0.25) is 4.90 Å². The fourth-order valence-electron chi connectivity index (χ4n) is 3.83. The van der Waals surface area contributed by atoms with Gasteiger partial charge in [-0.1, -0.05) is 26.0 Å². The third-order valence-corrected chi connectivity index (χ3v) is 4.76. The number of nitrogens with zero attached hydrogens (tertiary/aromatic N) is 4. The highest BCUT2D eigenvalue weighted by Crippen LogP contribution is 2.45. The molecule has 1 saturated carbocycles. The van der Waals surface area contributed by atoms with Gasteiger partial charge in [0.25, 0.3) is 0 Å². The maximum Gasteiger partial charge on any atom is 0.358 e. The molecule has 0 spiro atoms. The van der Waals surface area contributed by atoms with Crippen molar-refractivity contribution >= 4 is 5.97 Å². The van der Waals surface area contributed by atoms with E-state index in [1.807, 2.05) is 0 Å². The zero-order valence-electron chi connectivity index (χ0n) is 12.3. The Kier molecular flexibility index (Phi) is 3.08. The van der Waals surface area contributed by atoms with Gasteiger partial charge < -0.3 is 5.11 Å². The summed E-state index contributed by atoms with van der Waals surface area (Å²) >= 11 is 0. The molecule has 1 aliphatic heterocycles. The van der Waals surface area contributed by atoms with Gasteiger partial charge >= 0.3 is 5.97 Å². The van der Waals surface area contributed by atoms with Crippen molar-refractivity contribution in [3.05, 3.63) is 11.9 Å². The van der Waals surface area contributed by atoms with E-state index in [-0.39, 0.29) is 11.7 Å². The van der Waals surface area contributed by atoms with Gasteiger partial charge in [0, 0.05) is 19.1 Å². The maximum absolute atomic E-state index is 10.8. The molecule has 2 atom stereocenters. The van der Waals surface area contributed by atoms with Crippen LogP contribution in [0.4, 0.5) is 0 Å². The van der Waals surface area contributed by atoms with E-state index in [0.717, 1.165) is 19.0 Å². The third kappa shape index (κ3) is 2.32. The molecule has 0 bridgehead atoms. The summed E-state index contributed by atoms with van der Waals surface area (Å²) in [5.41, 5.74) is 0.470. The Morgan fingerprint density at radius 3 is 2.60 bits per heavy atom. The van der Waals surface area contributed by atoms with E-state index in [1.54, 1.807) is 4.68 Å². The smallest absolute Gasteiger partial charge is 0.358 e. The minimum Gasteiger partial charge on any atom is -0.476 e. The Hall–Kier alpha value is -1.43. The van der Waals surface area contributed by atoms with Gasteiger partial charge in [-0.2, -0.15) is 0 Å². The molecular weight excluding hydrogens is 256 g/mol. The Morgan fingerprint density at radius 2 is 2.10 bits per heavy atom. The fourth-order valence-corrected chi connectivity index (χ4v) is 3.83. The van der Waals surface area contributed by atoms with Crippen molar-refractivity contribution in [2.75, 3.05) is 13.1 Å². The molecule has 6 nitrogen and oxygen atoms in total. The van der Waals surface area contributed by atoms with Crippen molar-refractivity contribution in [1.82, 2.24) is 19.9 Å². The second kappa shape index (κ2) is 4.55. The molecule has 2 unspecified atom stereocenters. The molecule has 0 radical (unpaired) electrons. The zero-order chi connectivity index (χ0) is 14.5. The summed E-state index contributed by atoms with van der Waals surface area (Å²) in [5.74, 6) is -0.283. The normalized spacial score (nSPS) is 30.4. The molecule has 1 aromatic heterocycles. The van der Waals surface area contributed by atoms with E-state index in [2.05, 4.69) is 36.0 Å². The summed E-state index contributed by atoms with van der Waals surface area (Å²) in [4.78, 5) is 13.3. The van der Waals surface area contributed by atoms with Gasteiger partial charge in [0.2, 0.25) is 0 Å². The van der Waals surface area contributed by atoms with Crippen molar-refractivity contribution < 1.29 is 9.90 Å². The average molecular weight is 278 g/mol. The summed E-state index contributed by atoms with van der Waals surface area (Å²) in [5, 5.41) is 16.5. The number of hydrogen-bond donors (Lipinski definition) is 1. The van der Waals surface area contributed by atoms with Gasteiger partial charge in [0.05, 0.1) is 12.2 Å². The SMILES string of the molecule is CC1CC(C)(C)CC1N1CC(n2cc(C(=O)O)nn2)C1. The van der Waals surface area contributed by atoms with Crippen molar-refractivity contribution in [2.45, 2.75) is 45.7 Å². The molecule has 1 saturated heterocycles. The first-order chi connectivity index (χ1) is 9.35. The van der Waals surface area contributed by atoms with Gasteiger partial charge in [0.1, 0.15) is 0 Å². The Bertz CT molecular complexity index is 519. The second-order valence-electron chi connectivity index (χ2n) is 7.11. The minimum absolute atomic E-state index is 0.0267. The topological polar surface area (TPSA) is 71.2 Å². The van der Waals surface area contributed by atoms with Crippen LogP contribution in [0.2, 0.25) is 0 Å². The van der Waals surface area contributed by atoms with Crippen LogP contribution in [0.5, 0.6) is 0 Å². The van der Waals surface area contributed by atoms with E-state index < -0.39 is 5.97 Å². The monoisotopic (exact) mass is 278 g/mol. The Morgan fingerprint density at radius 1 is 1.40 bits per heavy atom. The molecule has 2 fully saturated rings. The molecular formula is C14H22N4O2. The lowest BCUT2D eigenvalue weighted by Crippen LogP contribution is -2.53.